The lowest BCUT2D eigenvalue weighted by Gasteiger charge is -2.23. The Labute approximate surface area is 77.1 Å². The van der Waals surface area contributed by atoms with Gasteiger partial charge in [-0.15, -0.1) is 0 Å². The van der Waals surface area contributed by atoms with Gasteiger partial charge in [0.2, 0.25) is 0 Å². The van der Waals surface area contributed by atoms with Crippen LogP contribution in [0.5, 0.6) is 0 Å². The summed E-state index contributed by atoms with van der Waals surface area (Å²) in [7, 11) is 0. The van der Waals surface area contributed by atoms with Gasteiger partial charge in [-0.2, -0.15) is 0 Å². The minimum absolute atomic E-state index is 0.180. The number of rotatable bonds is 1. The van der Waals surface area contributed by atoms with Crippen LogP contribution in [0.25, 0.3) is 0 Å². The molecule has 2 aliphatic rings. The number of carbonyl (C=O) groups is 2. The molecule has 0 aliphatic heterocycles. The van der Waals surface area contributed by atoms with Crippen LogP contribution in [0.1, 0.15) is 32.1 Å². The number of hydrogen-bond donors (Lipinski definition) is 1. The molecule has 0 saturated heterocycles. The van der Waals surface area contributed by atoms with E-state index in [1.54, 1.807) is 0 Å². The van der Waals surface area contributed by atoms with E-state index in [0.717, 1.165) is 19.3 Å². The molecule has 0 bridgehead atoms. The third-order valence-electron chi connectivity index (χ3n) is 3.47. The quantitative estimate of drug-likeness (QED) is 0.668. The molecule has 0 aromatic rings. The summed E-state index contributed by atoms with van der Waals surface area (Å²) in [6, 6.07) is 0. The molecule has 3 heteroatoms. The average Bonchev–Trinajstić information content (AvgIpc) is 2.46. The molecule has 0 amide bonds. The van der Waals surface area contributed by atoms with Gasteiger partial charge < -0.3 is 5.11 Å². The average molecular weight is 182 g/mol. The number of carbonyl (C=O) groups excluding carboxylic acids is 1. The Morgan fingerprint density at radius 3 is 2.69 bits per heavy atom. The van der Waals surface area contributed by atoms with Gasteiger partial charge in [0.15, 0.2) is 0 Å². The molecule has 2 fully saturated rings. The standard InChI is InChI=1S/C10H14O3/c11-9-2-1-6-3-8(10(12)13)4-7(6)5-9/h6-8H,1-5H2,(H,12,13)/t6-,7-,8+/m0/s1. The molecular weight excluding hydrogens is 168 g/mol. The van der Waals surface area contributed by atoms with E-state index in [2.05, 4.69) is 0 Å². The van der Waals surface area contributed by atoms with Gasteiger partial charge in [-0.05, 0) is 31.1 Å². The lowest BCUT2D eigenvalue weighted by atomic mass is 9.81. The molecule has 0 spiro atoms. The third kappa shape index (κ3) is 1.60. The number of fused-ring (bicyclic) bond motifs is 1. The van der Waals surface area contributed by atoms with Crippen LogP contribution in [0.3, 0.4) is 0 Å². The molecule has 1 N–H and O–H groups in total. The van der Waals surface area contributed by atoms with Crippen molar-refractivity contribution in [2.75, 3.05) is 0 Å². The third-order valence-corrected chi connectivity index (χ3v) is 3.47. The number of hydrogen-bond acceptors (Lipinski definition) is 2. The van der Waals surface area contributed by atoms with E-state index in [-0.39, 0.29) is 5.92 Å². The maximum absolute atomic E-state index is 11.1. The molecule has 0 heterocycles. The topological polar surface area (TPSA) is 54.4 Å². The van der Waals surface area contributed by atoms with Gasteiger partial charge in [-0.3, -0.25) is 9.59 Å². The minimum atomic E-state index is -0.679. The zero-order valence-corrected chi connectivity index (χ0v) is 7.53. The van der Waals surface area contributed by atoms with E-state index in [0.29, 0.717) is 30.5 Å². The van der Waals surface area contributed by atoms with Crippen LogP contribution in [0.15, 0.2) is 0 Å². The number of carboxylic acids is 1. The van der Waals surface area contributed by atoms with E-state index < -0.39 is 5.97 Å². The molecule has 0 aromatic carbocycles. The number of ketones is 1. The molecule has 2 rings (SSSR count). The normalized spacial score (nSPS) is 38.8. The van der Waals surface area contributed by atoms with Crippen molar-refractivity contribution in [1.82, 2.24) is 0 Å². The van der Waals surface area contributed by atoms with Crippen LogP contribution in [0, 0.1) is 17.8 Å². The van der Waals surface area contributed by atoms with Crippen molar-refractivity contribution in [2.24, 2.45) is 17.8 Å². The van der Waals surface area contributed by atoms with E-state index in [1.165, 1.54) is 0 Å². The predicted octanol–water partition coefficient (Wildman–Crippen LogP) is 1.47. The molecule has 0 radical (unpaired) electrons. The Bertz CT molecular complexity index is 247. The van der Waals surface area contributed by atoms with Gasteiger partial charge in [0.1, 0.15) is 5.78 Å². The number of carboxylic acid groups (broad SMARTS) is 1. The second-order valence-corrected chi connectivity index (χ2v) is 4.31. The minimum Gasteiger partial charge on any atom is -0.481 e. The molecule has 2 saturated carbocycles. The summed E-state index contributed by atoms with van der Waals surface area (Å²) in [5.41, 5.74) is 0. The maximum atomic E-state index is 11.1. The van der Waals surface area contributed by atoms with Crippen LogP contribution >= 0.6 is 0 Å². The van der Waals surface area contributed by atoms with E-state index in [1.807, 2.05) is 0 Å². The SMILES string of the molecule is O=C1CC[C@H]2C[C@@H](C(=O)O)C[C@H]2C1. The fourth-order valence-electron chi connectivity index (χ4n) is 2.76. The molecule has 3 nitrogen and oxygen atoms in total. The zero-order chi connectivity index (χ0) is 9.42. The van der Waals surface area contributed by atoms with Gasteiger partial charge in [-0.25, -0.2) is 0 Å². The van der Waals surface area contributed by atoms with Gasteiger partial charge in [-0.1, -0.05) is 0 Å². The Morgan fingerprint density at radius 1 is 1.31 bits per heavy atom. The summed E-state index contributed by atoms with van der Waals surface area (Å²) in [5.74, 6) is 0.358. The molecule has 3 atom stereocenters. The molecular formula is C10H14O3. The summed E-state index contributed by atoms with van der Waals surface area (Å²) in [5, 5.41) is 8.84. The first-order chi connectivity index (χ1) is 6.16. The predicted molar refractivity (Wildman–Crippen MR) is 46.2 cm³/mol. The fraction of sp³-hybridized carbons (Fsp3) is 0.800. The maximum Gasteiger partial charge on any atom is 0.306 e. The van der Waals surface area contributed by atoms with Crippen molar-refractivity contribution < 1.29 is 14.7 Å². The van der Waals surface area contributed by atoms with Crippen LogP contribution in [0.4, 0.5) is 0 Å². The Balaban J connectivity index is 2.02. The number of Topliss-reactive ketones (excluding diaryl/α,β-unsaturated/α-hetero) is 1. The highest BCUT2D eigenvalue weighted by atomic mass is 16.4. The molecule has 13 heavy (non-hydrogen) atoms. The number of aliphatic carboxylic acids is 1. The van der Waals surface area contributed by atoms with Crippen molar-refractivity contribution in [3.05, 3.63) is 0 Å². The van der Waals surface area contributed by atoms with Crippen LogP contribution < -0.4 is 0 Å². The highest BCUT2D eigenvalue weighted by molar-refractivity contribution is 5.80. The lowest BCUT2D eigenvalue weighted by molar-refractivity contribution is -0.141. The van der Waals surface area contributed by atoms with Gasteiger partial charge in [0.05, 0.1) is 5.92 Å². The lowest BCUT2D eigenvalue weighted by Crippen LogP contribution is -2.19. The zero-order valence-electron chi connectivity index (χ0n) is 7.53. The van der Waals surface area contributed by atoms with Crippen molar-refractivity contribution in [3.8, 4) is 0 Å². The highest BCUT2D eigenvalue weighted by Crippen LogP contribution is 2.44. The Kier molecular flexibility index (Phi) is 2.10. The molecule has 0 aromatic heterocycles. The van der Waals surface area contributed by atoms with Crippen LogP contribution in [-0.4, -0.2) is 16.9 Å². The Morgan fingerprint density at radius 2 is 2.00 bits per heavy atom. The van der Waals surface area contributed by atoms with Crippen molar-refractivity contribution in [3.63, 3.8) is 0 Å². The molecule has 2 aliphatic carbocycles. The monoisotopic (exact) mass is 182 g/mol. The van der Waals surface area contributed by atoms with Gasteiger partial charge in [0, 0.05) is 12.8 Å². The van der Waals surface area contributed by atoms with Crippen molar-refractivity contribution in [2.45, 2.75) is 32.1 Å². The first-order valence-electron chi connectivity index (χ1n) is 4.91. The fourth-order valence-corrected chi connectivity index (χ4v) is 2.76. The summed E-state index contributed by atoms with van der Waals surface area (Å²) in [6.45, 7) is 0. The first kappa shape index (κ1) is 8.73. The van der Waals surface area contributed by atoms with Gasteiger partial charge in [0.25, 0.3) is 0 Å². The van der Waals surface area contributed by atoms with Crippen LogP contribution in [-0.2, 0) is 9.59 Å². The summed E-state index contributed by atoms with van der Waals surface area (Å²) in [6.07, 6.45) is 3.76. The Hall–Kier alpha value is -0.860. The largest absolute Gasteiger partial charge is 0.481 e. The second kappa shape index (κ2) is 3.13. The van der Waals surface area contributed by atoms with E-state index in [4.69, 9.17) is 5.11 Å². The van der Waals surface area contributed by atoms with Crippen molar-refractivity contribution in [1.29, 1.82) is 0 Å². The van der Waals surface area contributed by atoms with Gasteiger partial charge >= 0.3 is 5.97 Å². The van der Waals surface area contributed by atoms with E-state index >= 15 is 0 Å². The van der Waals surface area contributed by atoms with E-state index in [9.17, 15) is 9.59 Å². The van der Waals surface area contributed by atoms with Crippen LogP contribution in [0.2, 0.25) is 0 Å². The molecule has 0 unspecified atom stereocenters. The first-order valence-corrected chi connectivity index (χ1v) is 4.91. The summed E-state index contributed by atoms with van der Waals surface area (Å²) >= 11 is 0. The molecule has 72 valence electrons. The smallest absolute Gasteiger partial charge is 0.306 e. The van der Waals surface area contributed by atoms with Crippen molar-refractivity contribution >= 4 is 11.8 Å². The highest BCUT2D eigenvalue weighted by Gasteiger charge is 2.40. The second-order valence-electron chi connectivity index (χ2n) is 4.31. The summed E-state index contributed by atoms with van der Waals surface area (Å²) < 4.78 is 0. The summed E-state index contributed by atoms with van der Waals surface area (Å²) in [4.78, 5) is 21.9.